The van der Waals surface area contributed by atoms with Crippen LogP contribution in [-0.4, -0.2) is 46.7 Å². The van der Waals surface area contributed by atoms with Crippen LogP contribution in [0.1, 0.15) is 6.42 Å². The molecule has 1 unspecified atom stereocenters. The molecule has 0 aromatic heterocycles. The molecule has 0 spiro atoms. The lowest BCUT2D eigenvalue weighted by Crippen LogP contribution is -2.41. The predicted molar refractivity (Wildman–Crippen MR) is 47.3 cm³/mol. The van der Waals surface area contributed by atoms with E-state index in [1.54, 1.807) is 7.05 Å². The van der Waals surface area contributed by atoms with Gasteiger partial charge in [-0.05, 0) is 7.05 Å². The molecule has 0 radical (unpaired) electrons. The van der Waals surface area contributed by atoms with Crippen molar-refractivity contribution < 1.29 is 19.0 Å². The summed E-state index contributed by atoms with van der Waals surface area (Å²) in [6.07, 6.45) is -0.219. The zero-order valence-corrected chi connectivity index (χ0v) is 8.49. The van der Waals surface area contributed by atoms with Gasteiger partial charge in [-0.25, -0.2) is 0 Å². The summed E-state index contributed by atoms with van der Waals surface area (Å²) < 4.78 is 14.5. The fourth-order valence-electron chi connectivity index (χ4n) is 1.02. The number of rotatable bonds is 6. The minimum absolute atomic E-state index is 0.192. The number of hydrogen-bond acceptors (Lipinski definition) is 5. The summed E-state index contributed by atoms with van der Waals surface area (Å²) >= 11 is 0. The van der Waals surface area contributed by atoms with Crippen LogP contribution in [0.5, 0.6) is 0 Å². The van der Waals surface area contributed by atoms with Gasteiger partial charge in [0.05, 0.1) is 19.6 Å². The maximum absolute atomic E-state index is 10.9. The number of hydrogen-bond donors (Lipinski definition) is 1. The second kappa shape index (κ2) is 6.82. The number of esters is 1. The van der Waals surface area contributed by atoms with Crippen molar-refractivity contribution in [3.63, 3.8) is 0 Å². The van der Waals surface area contributed by atoms with Crippen molar-refractivity contribution in [2.75, 3.05) is 28.4 Å². The van der Waals surface area contributed by atoms with Gasteiger partial charge in [0.1, 0.15) is 0 Å². The second-order valence-corrected chi connectivity index (χ2v) is 2.52. The topological polar surface area (TPSA) is 56.8 Å². The predicted octanol–water partition coefficient (Wildman–Crippen LogP) is -0.244. The summed E-state index contributed by atoms with van der Waals surface area (Å²) in [6, 6.07) is -0.192. The number of ether oxygens (including phenoxy) is 3. The molecule has 0 fully saturated rings. The van der Waals surface area contributed by atoms with E-state index >= 15 is 0 Å². The van der Waals surface area contributed by atoms with E-state index in [1.807, 2.05) is 0 Å². The Morgan fingerprint density at radius 1 is 1.31 bits per heavy atom. The monoisotopic (exact) mass is 191 g/mol. The second-order valence-electron chi connectivity index (χ2n) is 2.52. The molecule has 0 aromatic carbocycles. The average molecular weight is 191 g/mol. The molecule has 0 saturated carbocycles. The summed E-state index contributed by atoms with van der Waals surface area (Å²) in [6.45, 7) is 0. The summed E-state index contributed by atoms with van der Waals surface area (Å²) in [7, 11) is 6.13. The maximum atomic E-state index is 10.9. The highest BCUT2D eigenvalue weighted by molar-refractivity contribution is 5.69. The number of carbonyl (C=O) groups is 1. The van der Waals surface area contributed by atoms with Crippen LogP contribution in [0.15, 0.2) is 0 Å². The van der Waals surface area contributed by atoms with Gasteiger partial charge < -0.3 is 19.5 Å². The van der Waals surface area contributed by atoms with Crippen molar-refractivity contribution in [1.82, 2.24) is 5.32 Å². The van der Waals surface area contributed by atoms with Crippen LogP contribution < -0.4 is 5.32 Å². The summed E-state index contributed by atoms with van der Waals surface area (Å²) in [5.41, 5.74) is 0. The highest BCUT2D eigenvalue weighted by Crippen LogP contribution is 2.04. The van der Waals surface area contributed by atoms with Crippen molar-refractivity contribution in [1.29, 1.82) is 0 Å². The molecule has 78 valence electrons. The van der Waals surface area contributed by atoms with Crippen LogP contribution in [0, 0.1) is 0 Å². The first-order chi connectivity index (χ1) is 6.19. The Morgan fingerprint density at radius 2 is 1.85 bits per heavy atom. The third-order valence-corrected chi connectivity index (χ3v) is 1.78. The molecule has 0 bridgehead atoms. The minimum Gasteiger partial charge on any atom is -0.469 e. The maximum Gasteiger partial charge on any atom is 0.307 e. The highest BCUT2D eigenvalue weighted by Gasteiger charge is 2.22. The van der Waals surface area contributed by atoms with Crippen LogP contribution >= 0.6 is 0 Å². The molecule has 13 heavy (non-hydrogen) atoms. The van der Waals surface area contributed by atoms with Gasteiger partial charge in [-0.1, -0.05) is 0 Å². The van der Waals surface area contributed by atoms with Gasteiger partial charge in [0.15, 0.2) is 6.29 Å². The van der Waals surface area contributed by atoms with Crippen LogP contribution in [0.4, 0.5) is 0 Å². The Balaban J connectivity index is 4.06. The van der Waals surface area contributed by atoms with Crippen LogP contribution in [0.3, 0.4) is 0 Å². The number of nitrogens with one attached hydrogen (secondary N) is 1. The standard InChI is InChI=1S/C8H17NO4/c1-9-6(5-7(10)11-2)8(12-3)13-4/h6,8-9H,5H2,1-4H3. The van der Waals surface area contributed by atoms with E-state index in [9.17, 15) is 4.79 Å². The first kappa shape index (κ1) is 12.3. The third-order valence-electron chi connectivity index (χ3n) is 1.78. The van der Waals surface area contributed by atoms with Crippen molar-refractivity contribution in [3.05, 3.63) is 0 Å². The minimum atomic E-state index is -0.441. The van der Waals surface area contributed by atoms with Crippen LogP contribution in [-0.2, 0) is 19.0 Å². The molecule has 0 rings (SSSR count). The third kappa shape index (κ3) is 4.21. The molecule has 0 saturated heterocycles. The van der Waals surface area contributed by atoms with E-state index in [1.165, 1.54) is 21.3 Å². The van der Waals surface area contributed by atoms with E-state index in [0.717, 1.165) is 0 Å². The molecule has 5 heteroatoms. The molecule has 0 aliphatic heterocycles. The Labute approximate surface area is 78.3 Å². The molecular formula is C8H17NO4. The normalized spacial score (nSPS) is 13.0. The van der Waals surface area contributed by atoms with Crippen LogP contribution in [0.25, 0.3) is 0 Å². The van der Waals surface area contributed by atoms with E-state index in [-0.39, 0.29) is 18.4 Å². The number of methoxy groups -OCH3 is 3. The molecule has 0 aromatic rings. The Kier molecular flexibility index (Phi) is 6.48. The molecule has 1 atom stereocenters. The van der Waals surface area contributed by atoms with Gasteiger partial charge in [0, 0.05) is 14.2 Å². The SMILES string of the molecule is CNC(CC(=O)OC)C(OC)OC. The molecule has 0 aliphatic carbocycles. The zero-order valence-electron chi connectivity index (χ0n) is 8.49. The molecule has 0 heterocycles. The fourth-order valence-corrected chi connectivity index (χ4v) is 1.02. The Morgan fingerprint density at radius 3 is 2.15 bits per heavy atom. The Hall–Kier alpha value is -0.650. The summed E-state index contributed by atoms with van der Waals surface area (Å²) in [5.74, 6) is -0.293. The average Bonchev–Trinajstić information content (AvgIpc) is 2.17. The van der Waals surface area contributed by atoms with Gasteiger partial charge in [0.2, 0.25) is 0 Å². The highest BCUT2D eigenvalue weighted by atomic mass is 16.7. The van der Waals surface area contributed by atoms with Gasteiger partial charge in [0.25, 0.3) is 0 Å². The van der Waals surface area contributed by atoms with Crippen molar-refractivity contribution in [3.8, 4) is 0 Å². The van der Waals surface area contributed by atoms with E-state index in [2.05, 4.69) is 10.1 Å². The van der Waals surface area contributed by atoms with E-state index in [0.29, 0.717) is 0 Å². The van der Waals surface area contributed by atoms with Crippen LogP contribution in [0.2, 0.25) is 0 Å². The van der Waals surface area contributed by atoms with Gasteiger partial charge in [-0.3, -0.25) is 4.79 Å². The van der Waals surface area contributed by atoms with Crippen molar-refractivity contribution >= 4 is 5.97 Å². The Bertz CT molecular complexity index is 147. The lowest BCUT2D eigenvalue weighted by atomic mass is 10.2. The molecule has 0 aliphatic rings. The van der Waals surface area contributed by atoms with E-state index in [4.69, 9.17) is 9.47 Å². The lowest BCUT2D eigenvalue weighted by Gasteiger charge is -2.23. The van der Waals surface area contributed by atoms with Gasteiger partial charge in [-0.15, -0.1) is 0 Å². The van der Waals surface area contributed by atoms with Crippen molar-refractivity contribution in [2.45, 2.75) is 18.8 Å². The van der Waals surface area contributed by atoms with Crippen molar-refractivity contribution in [2.24, 2.45) is 0 Å². The quantitative estimate of drug-likeness (QED) is 0.463. The first-order valence-electron chi connectivity index (χ1n) is 3.99. The van der Waals surface area contributed by atoms with E-state index < -0.39 is 6.29 Å². The number of likely N-dealkylation sites (N-methyl/N-ethyl adjacent to an activating group) is 1. The molecular weight excluding hydrogens is 174 g/mol. The smallest absolute Gasteiger partial charge is 0.307 e. The number of carbonyl (C=O) groups excluding carboxylic acids is 1. The molecule has 1 N–H and O–H groups in total. The molecule has 0 amide bonds. The van der Waals surface area contributed by atoms with Gasteiger partial charge >= 0.3 is 5.97 Å². The first-order valence-corrected chi connectivity index (χ1v) is 3.99. The van der Waals surface area contributed by atoms with Gasteiger partial charge in [-0.2, -0.15) is 0 Å². The fraction of sp³-hybridized carbons (Fsp3) is 0.875. The zero-order chi connectivity index (χ0) is 10.3. The lowest BCUT2D eigenvalue weighted by molar-refractivity contribution is -0.150. The summed E-state index contributed by atoms with van der Waals surface area (Å²) in [4.78, 5) is 10.9. The summed E-state index contributed by atoms with van der Waals surface area (Å²) in [5, 5.41) is 2.92. The largest absolute Gasteiger partial charge is 0.469 e. The molecule has 5 nitrogen and oxygen atoms in total.